The highest BCUT2D eigenvalue weighted by atomic mass is 35.5. The highest BCUT2D eigenvalue weighted by Gasteiger charge is 2.02. The SMILES string of the molecule is Cc1cc(C)c(CCl)c(Cl)c1. The molecule has 11 heavy (non-hydrogen) atoms. The van der Waals surface area contributed by atoms with Gasteiger partial charge in [-0.1, -0.05) is 17.7 Å². The van der Waals surface area contributed by atoms with Crippen molar-refractivity contribution in [3.8, 4) is 0 Å². The lowest BCUT2D eigenvalue weighted by atomic mass is 10.1. The number of alkyl halides is 1. The second-order valence-electron chi connectivity index (χ2n) is 2.68. The molecule has 1 rings (SSSR count). The molecule has 0 atom stereocenters. The fourth-order valence-corrected chi connectivity index (χ4v) is 1.93. The van der Waals surface area contributed by atoms with Crippen LogP contribution in [0.4, 0.5) is 0 Å². The van der Waals surface area contributed by atoms with Gasteiger partial charge in [-0.15, -0.1) is 11.6 Å². The van der Waals surface area contributed by atoms with Crippen LogP contribution in [0.5, 0.6) is 0 Å². The lowest BCUT2D eigenvalue weighted by Crippen LogP contribution is -1.87. The number of aryl methyl sites for hydroxylation is 2. The molecule has 0 N–H and O–H groups in total. The molecule has 0 bridgehead atoms. The third kappa shape index (κ3) is 1.88. The Morgan fingerprint density at radius 1 is 1.27 bits per heavy atom. The van der Waals surface area contributed by atoms with E-state index in [0.29, 0.717) is 5.88 Å². The minimum atomic E-state index is 0.491. The standard InChI is InChI=1S/C9H10Cl2/c1-6-3-7(2)8(5-10)9(11)4-6/h3-4H,5H2,1-2H3. The molecule has 0 nitrogen and oxygen atoms in total. The van der Waals surface area contributed by atoms with Crippen LogP contribution < -0.4 is 0 Å². The van der Waals surface area contributed by atoms with Gasteiger partial charge < -0.3 is 0 Å². The van der Waals surface area contributed by atoms with E-state index in [2.05, 4.69) is 6.07 Å². The third-order valence-corrected chi connectivity index (χ3v) is 2.30. The monoisotopic (exact) mass is 188 g/mol. The number of halogens is 2. The fourth-order valence-electron chi connectivity index (χ4n) is 1.11. The second kappa shape index (κ2) is 3.46. The summed E-state index contributed by atoms with van der Waals surface area (Å²) < 4.78 is 0. The zero-order valence-electron chi connectivity index (χ0n) is 6.62. The van der Waals surface area contributed by atoms with Crippen LogP contribution in [-0.4, -0.2) is 0 Å². The zero-order chi connectivity index (χ0) is 8.43. The minimum Gasteiger partial charge on any atom is -0.121 e. The van der Waals surface area contributed by atoms with Crippen LogP contribution in [-0.2, 0) is 5.88 Å². The first-order valence-corrected chi connectivity index (χ1v) is 4.38. The van der Waals surface area contributed by atoms with Crippen molar-refractivity contribution in [2.24, 2.45) is 0 Å². The Morgan fingerprint density at radius 3 is 2.36 bits per heavy atom. The normalized spacial score (nSPS) is 10.2. The molecular formula is C9H10Cl2. The summed E-state index contributed by atoms with van der Waals surface area (Å²) in [6, 6.07) is 4.02. The molecule has 0 amide bonds. The van der Waals surface area contributed by atoms with E-state index in [0.717, 1.165) is 10.6 Å². The maximum atomic E-state index is 5.95. The summed E-state index contributed by atoms with van der Waals surface area (Å²) in [4.78, 5) is 0. The van der Waals surface area contributed by atoms with Crippen LogP contribution in [0.25, 0.3) is 0 Å². The molecule has 0 aliphatic carbocycles. The van der Waals surface area contributed by atoms with Crippen molar-refractivity contribution in [2.45, 2.75) is 19.7 Å². The smallest absolute Gasteiger partial charge is 0.0491 e. The number of hydrogen-bond acceptors (Lipinski definition) is 0. The van der Waals surface area contributed by atoms with Gasteiger partial charge in [0, 0.05) is 10.9 Å². The number of hydrogen-bond donors (Lipinski definition) is 0. The molecule has 0 unspecified atom stereocenters. The summed E-state index contributed by atoms with van der Waals surface area (Å²) in [5.74, 6) is 0.491. The van der Waals surface area contributed by atoms with Crippen molar-refractivity contribution in [1.82, 2.24) is 0 Å². The van der Waals surface area contributed by atoms with E-state index in [-0.39, 0.29) is 0 Å². The summed E-state index contributed by atoms with van der Waals surface area (Å²) in [6.45, 7) is 4.05. The van der Waals surface area contributed by atoms with E-state index in [9.17, 15) is 0 Å². The minimum absolute atomic E-state index is 0.491. The Hall–Kier alpha value is -0.200. The summed E-state index contributed by atoms with van der Waals surface area (Å²) in [7, 11) is 0. The van der Waals surface area contributed by atoms with Gasteiger partial charge in [-0.05, 0) is 36.6 Å². The first kappa shape index (κ1) is 8.89. The number of benzene rings is 1. The molecule has 1 aromatic rings. The molecule has 2 heteroatoms. The molecule has 0 saturated heterocycles. The van der Waals surface area contributed by atoms with E-state index >= 15 is 0 Å². The van der Waals surface area contributed by atoms with Crippen molar-refractivity contribution in [3.63, 3.8) is 0 Å². The first-order valence-electron chi connectivity index (χ1n) is 3.46. The Morgan fingerprint density at radius 2 is 1.91 bits per heavy atom. The van der Waals surface area contributed by atoms with Crippen molar-refractivity contribution < 1.29 is 0 Å². The van der Waals surface area contributed by atoms with E-state index in [1.54, 1.807) is 0 Å². The van der Waals surface area contributed by atoms with Gasteiger partial charge in [0.15, 0.2) is 0 Å². The van der Waals surface area contributed by atoms with Crippen molar-refractivity contribution in [2.75, 3.05) is 0 Å². The Labute approximate surface area is 77.1 Å². The molecule has 0 fully saturated rings. The van der Waals surface area contributed by atoms with Gasteiger partial charge >= 0.3 is 0 Å². The van der Waals surface area contributed by atoms with Crippen molar-refractivity contribution in [1.29, 1.82) is 0 Å². The summed E-state index contributed by atoms with van der Waals surface area (Å²) in [5, 5.41) is 0.775. The molecule has 1 aromatic carbocycles. The van der Waals surface area contributed by atoms with Crippen LogP contribution in [0, 0.1) is 13.8 Å². The van der Waals surface area contributed by atoms with Gasteiger partial charge in [0.25, 0.3) is 0 Å². The van der Waals surface area contributed by atoms with E-state index < -0.39 is 0 Å². The quantitative estimate of drug-likeness (QED) is 0.591. The van der Waals surface area contributed by atoms with E-state index in [4.69, 9.17) is 23.2 Å². The highest BCUT2D eigenvalue weighted by Crippen LogP contribution is 2.23. The molecule has 0 spiro atoms. The van der Waals surface area contributed by atoms with Crippen molar-refractivity contribution >= 4 is 23.2 Å². The average Bonchev–Trinajstić information content (AvgIpc) is 1.85. The Kier molecular flexibility index (Phi) is 2.80. The lowest BCUT2D eigenvalue weighted by Gasteiger charge is -2.05. The Bertz CT molecular complexity index is 243. The fraction of sp³-hybridized carbons (Fsp3) is 0.333. The molecule has 0 heterocycles. The first-order chi connectivity index (χ1) is 5.15. The predicted octanol–water partition coefficient (Wildman–Crippen LogP) is 3.70. The van der Waals surface area contributed by atoms with Crippen LogP contribution in [0.1, 0.15) is 16.7 Å². The topological polar surface area (TPSA) is 0 Å². The molecule has 0 aromatic heterocycles. The summed E-state index contributed by atoms with van der Waals surface area (Å²) in [5.41, 5.74) is 3.39. The van der Waals surface area contributed by atoms with Gasteiger partial charge in [-0.25, -0.2) is 0 Å². The molecule has 0 aliphatic heterocycles. The average molecular weight is 189 g/mol. The molecule has 0 aliphatic rings. The Balaban J connectivity index is 3.25. The molecule has 60 valence electrons. The summed E-state index contributed by atoms with van der Waals surface area (Å²) in [6.07, 6.45) is 0. The van der Waals surface area contributed by atoms with E-state index in [1.807, 2.05) is 19.9 Å². The van der Waals surface area contributed by atoms with Gasteiger partial charge in [-0.3, -0.25) is 0 Å². The van der Waals surface area contributed by atoms with Crippen LogP contribution in [0.3, 0.4) is 0 Å². The second-order valence-corrected chi connectivity index (χ2v) is 3.35. The predicted molar refractivity (Wildman–Crippen MR) is 50.5 cm³/mol. The zero-order valence-corrected chi connectivity index (χ0v) is 8.13. The van der Waals surface area contributed by atoms with Crippen LogP contribution in [0.2, 0.25) is 5.02 Å². The summed E-state index contributed by atoms with van der Waals surface area (Å²) >= 11 is 11.7. The number of rotatable bonds is 1. The van der Waals surface area contributed by atoms with Gasteiger partial charge in [0.1, 0.15) is 0 Å². The largest absolute Gasteiger partial charge is 0.121 e. The maximum Gasteiger partial charge on any atom is 0.0491 e. The van der Waals surface area contributed by atoms with E-state index in [1.165, 1.54) is 11.1 Å². The van der Waals surface area contributed by atoms with Gasteiger partial charge in [0.2, 0.25) is 0 Å². The highest BCUT2D eigenvalue weighted by molar-refractivity contribution is 6.32. The van der Waals surface area contributed by atoms with Gasteiger partial charge in [-0.2, -0.15) is 0 Å². The molecular weight excluding hydrogens is 179 g/mol. The third-order valence-electron chi connectivity index (χ3n) is 1.70. The maximum absolute atomic E-state index is 5.95. The molecule has 0 radical (unpaired) electrons. The lowest BCUT2D eigenvalue weighted by molar-refractivity contribution is 1.27. The van der Waals surface area contributed by atoms with Gasteiger partial charge in [0.05, 0.1) is 0 Å². The van der Waals surface area contributed by atoms with Crippen molar-refractivity contribution in [3.05, 3.63) is 33.8 Å². The van der Waals surface area contributed by atoms with Crippen LogP contribution >= 0.6 is 23.2 Å². The van der Waals surface area contributed by atoms with Crippen LogP contribution in [0.15, 0.2) is 12.1 Å². The molecule has 0 saturated carbocycles.